The van der Waals surface area contributed by atoms with Crippen LogP contribution in [0.5, 0.6) is 0 Å². The predicted octanol–water partition coefficient (Wildman–Crippen LogP) is 3.76. The van der Waals surface area contributed by atoms with E-state index < -0.39 is 0 Å². The van der Waals surface area contributed by atoms with Gasteiger partial charge in [-0.3, -0.25) is 0 Å². The van der Waals surface area contributed by atoms with Gasteiger partial charge in [-0.05, 0) is 29.2 Å². The van der Waals surface area contributed by atoms with Crippen molar-refractivity contribution in [2.75, 3.05) is 0 Å². The normalized spacial score (nSPS) is 11.4. The molecule has 0 saturated heterocycles. The second-order valence-electron chi connectivity index (χ2n) is 5.21. The molecule has 2 aromatic heterocycles. The molecule has 3 rings (SSSR count). The quantitative estimate of drug-likeness (QED) is 0.694. The number of fused-ring (bicyclic) bond motifs is 1. The van der Waals surface area contributed by atoms with E-state index in [-0.39, 0.29) is 0 Å². The third kappa shape index (κ3) is 2.01. The monoisotopic (exact) mass is 251 g/mol. The molecule has 2 heterocycles. The number of hydrogen-bond acceptors (Lipinski definition) is 2. The summed E-state index contributed by atoms with van der Waals surface area (Å²) in [6.07, 6.45) is 7.49. The minimum atomic E-state index is 0.519. The Balaban J connectivity index is 2.23. The van der Waals surface area contributed by atoms with E-state index in [9.17, 15) is 0 Å². The molecule has 3 aromatic rings. The second-order valence-corrected chi connectivity index (χ2v) is 5.21. The Labute approximate surface area is 112 Å². The van der Waals surface area contributed by atoms with Crippen molar-refractivity contribution in [3.8, 4) is 11.1 Å². The summed E-state index contributed by atoms with van der Waals surface area (Å²) in [5.41, 5.74) is 4.88. The smallest absolute Gasteiger partial charge is 0.115 e. The third-order valence-corrected chi connectivity index (χ3v) is 3.54. The minimum absolute atomic E-state index is 0.519. The van der Waals surface area contributed by atoms with Crippen LogP contribution < -0.4 is 0 Å². The summed E-state index contributed by atoms with van der Waals surface area (Å²) in [4.78, 5) is 8.18. The number of benzene rings is 1. The molecular formula is C16H17N3. The van der Waals surface area contributed by atoms with Crippen molar-refractivity contribution in [3.63, 3.8) is 0 Å². The van der Waals surface area contributed by atoms with Crippen LogP contribution in [0.3, 0.4) is 0 Å². The van der Waals surface area contributed by atoms with Crippen LogP contribution >= 0.6 is 0 Å². The van der Waals surface area contributed by atoms with E-state index in [1.54, 1.807) is 6.33 Å². The zero-order chi connectivity index (χ0) is 13.4. The number of aryl methyl sites for hydroxylation is 1. The van der Waals surface area contributed by atoms with E-state index in [1.165, 1.54) is 22.0 Å². The van der Waals surface area contributed by atoms with Crippen molar-refractivity contribution in [3.05, 3.63) is 48.7 Å². The van der Waals surface area contributed by atoms with Crippen LogP contribution in [0.15, 0.2) is 43.1 Å². The highest BCUT2D eigenvalue weighted by Gasteiger charge is 2.10. The Kier molecular flexibility index (Phi) is 2.82. The molecular weight excluding hydrogens is 234 g/mol. The molecule has 0 spiro atoms. The minimum Gasteiger partial charge on any atom is -0.350 e. The molecule has 0 N–H and O–H groups in total. The van der Waals surface area contributed by atoms with Gasteiger partial charge in [0.1, 0.15) is 6.33 Å². The third-order valence-electron chi connectivity index (χ3n) is 3.54. The highest BCUT2D eigenvalue weighted by Crippen LogP contribution is 2.30. The molecule has 0 unspecified atom stereocenters. The van der Waals surface area contributed by atoms with Gasteiger partial charge in [-0.1, -0.05) is 19.9 Å². The van der Waals surface area contributed by atoms with Crippen LogP contribution in [0.25, 0.3) is 22.0 Å². The van der Waals surface area contributed by atoms with Crippen LogP contribution in [-0.4, -0.2) is 14.5 Å². The number of nitrogens with zero attached hydrogens (tertiary/aromatic N) is 3. The molecule has 3 nitrogen and oxygen atoms in total. The Morgan fingerprint density at radius 3 is 2.47 bits per heavy atom. The lowest BCUT2D eigenvalue weighted by Gasteiger charge is -2.05. The molecule has 1 aromatic carbocycles. The van der Waals surface area contributed by atoms with Crippen LogP contribution in [0.4, 0.5) is 0 Å². The Morgan fingerprint density at radius 1 is 1.05 bits per heavy atom. The first kappa shape index (κ1) is 11.9. The Morgan fingerprint density at radius 2 is 1.79 bits per heavy atom. The van der Waals surface area contributed by atoms with Gasteiger partial charge in [0, 0.05) is 42.1 Å². The summed E-state index contributed by atoms with van der Waals surface area (Å²) < 4.78 is 2.19. The first-order valence-electron chi connectivity index (χ1n) is 6.51. The van der Waals surface area contributed by atoms with E-state index in [0.717, 1.165) is 5.56 Å². The molecule has 3 heteroatoms. The molecule has 0 saturated carbocycles. The maximum atomic E-state index is 4.09. The van der Waals surface area contributed by atoms with Crippen molar-refractivity contribution < 1.29 is 0 Å². The SMILES string of the molecule is CC(C)c1cn(C)c2ccc(-c3cncnc3)cc12. The number of aromatic nitrogens is 3. The molecule has 96 valence electrons. The van der Waals surface area contributed by atoms with E-state index >= 15 is 0 Å². The zero-order valence-electron chi connectivity index (χ0n) is 11.5. The van der Waals surface area contributed by atoms with E-state index in [0.29, 0.717) is 5.92 Å². The zero-order valence-corrected chi connectivity index (χ0v) is 11.5. The summed E-state index contributed by atoms with van der Waals surface area (Å²) in [6, 6.07) is 6.54. The largest absolute Gasteiger partial charge is 0.350 e. The fourth-order valence-electron chi connectivity index (χ4n) is 2.51. The van der Waals surface area contributed by atoms with Gasteiger partial charge in [0.2, 0.25) is 0 Å². The summed E-state index contributed by atoms with van der Waals surface area (Å²) in [7, 11) is 2.10. The van der Waals surface area contributed by atoms with Gasteiger partial charge in [0.25, 0.3) is 0 Å². The molecule has 0 radical (unpaired) electrons. The number of hydrogen-bond donors (Lipinski definition) is 0. The van der Waals surface area contributed by atoms with Crippen LogP contribution in [0.2, 0.25) is 0 Å². The molecule has 0 aliphatic rings. The van der Waals surface area contributed by atoms with Gasteiger partial charge in [0.15, 0.2) is 0 Å². The van der Waals surface area contributed by atoms with Crippen molar-refractivity contribution in [1.29, 1.82) is 0 Å². The Hall–Kier alpha value is -2.16. The first-order chi connectivity index (χ1) is 9.16. The van der Waals surface area contributed by atoms with Gasteiger partial charge >= 0.3 is 0 Å². The topological polar surface area (TPSA) is 30.7 Å². The lowest BCUT2D eigenvalue weighted by atomic mass is 9.99. The van der Waals surface area contributed by atoms with E-state index in [1.807, 2.05) is 12.4 Å². The summed E-state index contributed by atoms with van der Waals surface area (Å²) in [5, 5.41) is 1.32. The number of rotatable bonds is 2. The molecule has 0 bridgehead atoms. The van der Waals surface area contributed by atoms with Crippen molar-refractivity contribution in [2.24, 2.45) is 7.05 Å². The van der Waals surface area contributed by atoms with Gasteiger partial charge in [0.05, 0.1) is 0 Å². The molecule has 0 fully saturated rings. The molecule has 0 amide bonds. The van der Waals surface area contributed by atoms with E-state index in [2.05, 4.69) is 59.8 Å². The van der Waals surface area contributed by atoms with Crippen LogP contribution in [-0.2, 0) is 7.05 Å². The molecule has 0 atom stereocenters. The highest BCUT2D eigenvalue weighted by molar-refractivity contribution is 5.88. The predicted molar refractivity (Wildman–Crippen MR) is 78.0 cm³/mol. The van der Waals surface area contributed by atoms with Gasteiger partial charge in [-0.15, -0.1) is 0 Å². The first-order valence-corrected chi connectivity index (χ1v) is 6.51. The summed E-state index contributed by atoms with van der Waals surface area (Å²) >= 11 is 0. The van der Waals surface area contributed by atoms with Crippen molar-refractivity contribution in [2.45, 2.75) is 19.8 Å². The van der Waals surface area contributed by atoms with Crippen LogP contribution in [0.1, 0.15) is 25.3 Å². The van der Waals surface area contributed by atoms with Crippen molar-refractivity contribution >= 4 is 10.9 Å². The summed E-state index contributed by atoms with van der Waals surface area (Å²) in [6.45, 7) is 4.46. The lowest BCUT2D eigenvalue weighted by Crippen LogP contribution is -1.85. The highest BCUT2D eigenvalue weighted by atomic mass is 14.9. The van der Waals surface area contributed by atoms with E-state index in [4.69, 9.17) is 0 Å². The molecule has 0 aliphatic carbocycles. The Bertz CT molecular complexity index is 711. The maximum Gasteiger partial charge on any atom is 0.115 e. The summed E-state index contributed by atoms with van der Waals surface area (Å²) in [5.74, 6) is 0.519. The maximum absolute atomic E-state index is 4.09. The molecule has 0 aliphatic heterocycles. The fraction of sp³-hybridized carbons (Fsp3) is 0.250. The standard InChI is InChI=1S/C16H17N3/c1-11(2)15-9-19(3)16-5-4-12(6-14(15)16)13-7-17-10-18-8-13/h4-11H,1-3H3. The van der Waals surface area contributed by atoms with Gasteiger partial charge in [-0.25, -0.2) is 9.97 Å². The average Bonchev–Trinajstić information content (AvgIpc) is 2.77. The second kappa shape index (κ2) is 4.50. The van der Waals surface area contributed by atoms with Crippen molar-refractivity contribution in [1.82, 2.24) is 14.5 Å². The van der Waals surface area contributed by atoms with Crippen LogP contribution in [0, 0.1) is 0 Å². The fourth-order valence-corrected chi connectivity index (χ4v) is 2.51. The molecule has 19 heavy (non-hydrogen) atoms. The average molecular weight is 251 g/mol. The van der Waals surface area contributed by atoms with Gasteiger partial charge in [-0.2, -0.15) is 0 Å². The van der Waals surface area contributed by atoms with Gasteiger partial charge < -0.3 is 4.57 Å². The lowest BCUT2D eigenvalue weighted by molar-refractivity contribution is 0.857.